The lowest BCUT2D eigenvalue weighted by Gasteiger charge is -2.04. The second kappa shape index (κ2) is 7.65. The Labute approximate surface area is 97.8 Å². The Morgan fingerprint density at radius 1 is 1.56 bits per heavy atom. The van der Waals surface area contributed by atoms with Crippen LogP contribution >= 0.6 is 11.3 Å². The van der Waals surface area contributed by atoms with Gasteiger partial charge in [-0.3, -0.25) is 0 Å². The van der Waals surface area contributed by atoms with E-state index in [0.29, 0.717) is 13.2 Å². The van der Waals surface area contributed by atoms with Gasteiger partial charge in [0.15, 0.2) is 0 Å². The molecule has 0 saturated carbocycles. The summed E-state index contributed by atoms with van der Waals surface area (Å²) >= 11 is 1.67. The van der Waals surface area contributed by atoms with Crippen molar-refractivity contribution in [2.24, 2.45) is 0 Å². The number of nitrogens with one attached hydrogen (secondary N) is 1. The van der Waals surface area contributed by atoms with Crippen LogP contribution in [-0.4, -0.2) is 31.2 Å². The molecule has 16 heavy (non-hydrogen) atoms. The van der Waals surface area contributed by atoms with Gasteiger partial charge < -0.3 is 10.1 Å². The third-order valence-corrected chi connectivity index (χ3v) is 3.01. The van der Waals surface area contributed by atoms with E-state index in [1.807, 2.05) is 6.20 Å². The Morgan fingerprint density at radius 2 is 2.38 bits per heavy atom. The van der Waals surface area contributed by atoms with E-state index in [-0.39, 0.29) is 0 Å². The summed E-state index contributed by atoms with van der Waals surface area (Å²) in [5, 5.41) is 4.23. The molecule has 1 aromatic rings. The summed E-state index contributed by atoms with van der Waals surface area (Å²) < 4.78 is 28.1. The molecule has 0 bridgehead atoms. The second-order valence-electron chi connectivity index (χ2n) is 3.22. The van der Waals surface area contributed by atoms with Crippen LogP contribution in [-0.2, 0) is 17.7 Å². The third-order valence-electron chi connectivity index (χ3n) is 1.87. The van der Waals surface area contributed by atoms with Gasteiger partial charge in [-0.25, -0.2) is 13.8 Å². The van der Waals surface area contributed by atoms with Gasteiger partial charge in [0.25, 0.3) is 6.43 Å². The fourth-order valence-electron chi connectivity index (χ4n) is 1.12. The molecule has 0 unspecified atom stereocenters. The zero-order valence-corrected chi connectivity index (χ0v) is 10.0. The number of aryl methyl sites for hydroxylation is 1. The van der Waals surface area contributed by atoms with Gasteiger partial charge in [0.2, 0.25) is 0 Å². The van der Waals surface area contributed by atoms with Crippen molar-refractivity contribution in [3.05, 3.63) is 16.1 Å². The predicted molar refractivity (Wildman–Crippen MR) is 60.0 cm³/mol. The van der Waals surface area contributed by atoms with Gasteiger partial charge >= 0.3 is 0 Å². The van der Waals surface area contributed by atoms with Crippen LogP contribution in [0.1, 0.15) is 16.8 Å². The molecule has 92 valence electrons. The zero-order valence-electron chi connectivity index (χ0n) is 9.21. The van der Waals surface area contributed by atoms with Crippen molar-refractivity contribution >= 4 is 11.3 Å². The first-order valence-electron chi connectivity index (χ1n) is 5.22. The third kappa shape index (κ3) is 5.48. The number of hydrogen-bond donors (Lipinski definition) is 1. The smallest absolute Gasteiger partial charge is 0.261 e. The van der Waals surface area contributed by atoms with Gasteiger partial charge in [-0.15, -0.1) is 11.3 Å². The second-order valence-corrected chi connectivity index (χ2v) is 4.42. The molecule has 6 heteroatoms. The molecule has 3 nitrogen and oxygen atoms in total. The first-order valence-corrected chi connectivity index (χ1v) is 6.04. The zero-order chi connectivity index (χ0) is 11.8. The normalized spacial score (nSPS) is 11.2. The average Bonchev–Trinajstić information content (AvgIpc) is 2.70. The Bertz CT molecular complexity index is 294. The van der Waals surface area contributed by atoms with Crippen molar-refractivity contribution in [3.8, 4) is 0 Å². The largest absolute Gasteiger partial charge is 0.374 e. The molecule has 0 aliphatic heterocycles. The maximum Gasteiger partial charge on any atom is 0.261 e. The lowest BCUT2D eigenvalue weighted by molar-refractivity contribution is 0.0187. The highest BCUT2D eigenvalue weighted by Crippen LogP contribution is 2.12. The molecule has 0 aromatic carbocycles. The minimum absolute atomic E-state index is 0.309. The summed E-state index contributed by atoms with van der Waals surface area (Å²) in [6.07, 6.45) is 0.409. The minimum Gasteiger partial charge on any atom is -0.374 e. The lowest BCUT2D eigenvalue weighted by atomic mass is 10.5. The molecular formula is C10H16F2N2OS. The van der Waals surface area contributed by atoms with Crippen molar-refractivity contribution in [1.82, 2.24) is 10.3 Å². The van der Waals surface area contributed by atoms with Crippen molar-refractivity contribution < 1.29 is 13.5 Å². The molecule has 0 aliphatic carbocycles. The fraction of sp³-hybridized carbons (Fsp3) is 0.700. The highest BCUT2D eigenvalue weighted by Gasteiger charge is 2.01. The molecule has 0 atom stereocenters. The lowest BCUT2D eigenvalue weighted by Crippen LogP contribution is -2.20. The van der Waals surface area contributed by atoms with Crippen LogP contribution in [0, 0.1) is 0 Å². The number of alkyl halides is 2. The van der Waals surface area contributed by atoms with Crippen LogP contribution in [0.5, 0.6) is 0 Å². The van der Waals surface area contributed by atoms with Crippen LogP contribution in [0.3, 0.4) is 0 Å². The van der Waals surface area contributed by atoms with Gasteiger partial charge in [0, 0.05) is 24.2 Å². The number of ether oxygens (including phenoxy) is 1. The maximum absolute atomic E-state index is 11.7. The molecule has 1 aromatic heterocycles. The van der Waals surface area contributed by atoms with Gasteiger partial charge in [-0.1, -0.05) is 6.92 Å². The van der Waals surface area contributed by atoms with Crippen LogP contribution in [0.25, 0.3) is 0 Å². The molecule has 0 radical (unpaired) electrons. The summed E-state index contributed by atoms with van der Waals surface area (Å²) in [5.41, 5.74) is 0. The van der Waals surface area contributed by atoms with Gasteiger partial charge in [-0.2, -0.15) is 0 Å². The Balaban J connectivity index is 2.02. The van der Waals surface area contributed by atoms with Crippen LogP contribution in [0.15, 0.2) is 6.20 Å². The molecule has 0 amide bonds. The predicted octanol–water partition coefficient (Wildman–Crippen LogP) is 2.08. The Hall–Kier alpha value is -0.590. The summed E-state index contributed by atoms with van der Waals surface area (Å²) in [4.78, 5) is 5.38. The van der Waals surface area contributed by atoms with Crippen molar-refractivity contribution in [2.75, 3.05) is 19.8 Å². The summed E-state index contributed by atoms with van der Waals surface area (Å²) in [6.45, 7) is 3.18. The quantitative estimate of drug-likeness (QED) is 0.717. The van der Waals surface area contributed by atoms with Crippen molar-refractivity contribution in [3.63, 3.8) is 0 Å². The number of hydrogen-bond acceptors (Lipinski definition) is 4. The van der Waals surface area contributed by atoms with Crippen LogP contribution < -0.4 is 5.32 Å². The van der Waals surface area contributed by atoms with E-state index in [1.54, 1.807) is 11.3 Å². The SMILES string of the molecule is CCc1ncc(CNCCOCC(F)F)s1. The van der Waals surface area contributed by atoms with E-state index >= 15 is 0 Å². The number of rotatable bonds is 8. The van der Waals surface area contributed by atoms with E-state index in [4.69, 9.17) is 4.74 Å². The molecule has 1 heterocycles. The molecule has 0 spiro atoms. The van der Waals surface area contributed by atoms with Crippen LogP contribution in [0.2, 0.25) is 0 Å². The Morgan fingerprint density at radius 3 is 3.00 bits per heavy atom. The van der Waals surface area contributed by atoms with Crippen LogP contribution in [0.4, 0.5) is 8.78 Å². The number of aromatic nitrogens is 1. The van der Waals surface area contributed by atoms with E-state index in [0.717, 1.165) is 22.9 Å². The topological polar surface area (TPSA) is 34.2 Å². The number of nitrogens with zero attached hydrogens (tertiary/aromatic N) is 1. The van der Waals surface area contributed by atoms with Crippen molar-refractivity contribution in [1.29, 1.82) is 0 Å². The number of halogens is 2. The van der Waals surface area contributed by atoms with E-state index < -0.39 is 13.0 Å². The maximum atomic E-state index is 11.7. The van der Waals surface area contributed by atoms with Gasteiger partial charge in [-0.05, 0) is 6.42 Å². The molecule has 1 N–H and O–H groups in total. The molecular weight excluding hydrogens is 234 g/mol. The first-order chi connectivity index (χ1) is 7.72. The summed E-state index contributed by atoms with van der Waals surface area (Å²) in [5.74, 6) is 0. The molecule has 1 rings (SSSR count). The van der Waals surface area contributed by atoms with E-state index in [9.17, 15) is 8.78 Å². The highest BCUT2D eigenvalue weighted by atomic mass is 32.1. The fourth-order valence-corrected chi connectivity index (χ4v) is 1.95. The van der Waals surface area contributed by atoms with E-state index in [2.05, 4.69) is 17.2 Å². The average molecular weight is 250 g/mol. The molecule has 0 fully saturated rings. The monoisotopic (exact) mass is 250 g/mol. The highest BCUT2D eigenvalue weighted by molar-refractivity contribution is 7.11. The van der Waals surface area contributed by atoms with E-state index in [1.165, 1.54) is 0 Å². The standard InChI is InChI=1S/C10H16F2N2OS/c1-2-10-14-6-8(16-10)5-13-3-4-15-7-9(11)12/h6,9,13H,2-5,7H2,1H3. The number of thiazole rings is 1. The summed E-state index contributed by atoms with van der Waals surface area (Å²) in [6, 6.07) is 0. The first kappa shape index (κ1) is 13.5. The minimum atomic E-state index is -2.38. The van der Waals surface area contributed by atoms with Gasteiger partial charge in [0.1, 0.15) is 6.61 Å². The molecule has 0 saturated heterocycles. The summed E-state index contributed by atoms with van der Waals surface area (Å²) in [7, 11) is 0. The Kier molecular flexibility index (Phi) is 6.44. The molecule has 0 aliphatic rings. The van der Waals surface area contributed by atoms with Gasteiger partial charge in [0.05, 0.1) is 11.6 Å². The van der Waals surface area contributed by atoms with Crippen molar-refractivity contribution in [2.45, 2.75) is 26.3 Å².